The Hall–Kier alpha value is -3.47. The van der Waals surface area contributed by atoms with Crippen molar-refractivity contribution in [2.45, 2.75) is 52.0 Å². The van der Waals surface area contributed by atoms with Crippen LogP contribution in [-0.4, -0.2) is 56.7 Å². The fourth-order valence-corrected chi connectivity index (χ4v) is 4.50. The molecule has 8 heteroatoms. The number of nitrogens with zero attached hydrogens (tertiary/aromatic N) is 7. The number of anilines is 1. The van der Waals surface area contributed by atoms with Gasteiger partial charge in [-0.05, 0) is 58.7 Å². The molecule has 1 saturated heterocycles. The number of aryl methyl sites for hydroxylation is 1. The van der Waals surface area contributed by atoms with E-state index >= 15 is 0 Å². The normalized spacial score (nSPS) is 16.8. The van der Waals surface area contributed by atoms with Crippen molar-refractivity contribution in [2.75, 3.05) is 31.1 Å². The van der Waals surface area contributed by atoms with Crippen molar-refractivity contribution in [2.24, 2.45) is 0 Å². The molecule has 3 aromatic heterocycles. The maximum absolute atomic E-state index is 13.7. The van der Waals surface area contributed by atoms with Gasteiger partial charge >= 0.3 is 0 Å². The number of aromatic nitrogens is 4. The SMILES string of the molecule is Cc1nn(C(C)(C)C)c2nc(C3CC3)cc(C(=O)N3CCN(c4cc(C#N)ccn4)CC3)c12. The highest BCUT2D eigenvalue weighted by Gasteiger charge is 2.32. The Morgan fingerprint density at radius 2 is 1.88 bits per heavy atom. The van der Waals surface area contributed by atoms with Gasteiger partial charge in [0.25, 0.3) is 5.91 Å². The summed E-state index contributed by atoms with van der Waals surface area (Å²) in [7, 11) is 0. The molecule has 2 aliphatic rings. The molecule has 0 N–H and O–H groups in total. The van der Waals surface area contributed by atoms with E-state index in [9.17, 15) is 4.79 Å². The highest BCUT2D eigenvalue weighted by atomic mass is 16.2. The Morgan fingerprint density at radius 3 is 2.52 bits per heavy atom. The Bertz CT molecular complexity index is 1270. The molecule has 5 rings (SSSR count). The van der Waals surface area contributed by atoms with Gasteiger partial charge in [0, 0.05) is 44.0 Å². The Balaban J connectivity index is 1.45. The van der Waals surface area contributed by atoms with E-state index < -0.39 is 0 Å². The predicted molar refractivity (Wildman–Crippen MR) is 126 cm³/mol. The number of piperazine rings is 1. The van der Waals surface area contributed by atoms with Crippen molar-refractivity contribution in [3.8, 4) is 6.07 Å². The fourth-order valence-electron chi connectivity index (χ4n) is 4.50. The van der Waals surface area contributed by atoms with E-state index in [0.29, 0.717) is 43.2 Å². The summed E-state index contributed by atoms with van der Waals surface area (Å²) in [5, 5.41) is 14.8. The average molecular weight is 444 g/mol. The van der Waals surface area contributed by atoms with Crippen LogP contribution >= 0.6 is 0 Å². The average Bonchev–Trinajstić information content (AvgIpc) is 3.61. The van der Waals surface area contributed by atoms with Crippen LogP contribution in [0.5, 0.6) is 0 Å². The van der Waals surface area contributed by atoms with Crippen molar-refractivity contribution in [1.82, 2.24) is 24.6 Å². The van der Waals surface area contributed by atoms with Crippen LogP contribution in [0.3, 0.4) is 0 Å². The van der Waals surface area contributed by atoms with Gasteiger partial charge in [-0.1, -0.05) is 0 Å². The zero-order chi connectivity index (χ0) is 23.3. The summed E-state index contributed by atoms with van der Waals surface area (Å²) in [4.78, 5) is 27.2. The summed E-state index contributed by atoms with van der Waals surface area (Å²) < 4.78 is 1.96. The van der Waals surface area contributed by atoms with Crippen LogP contribution < -0.4 is 4.90 Å². The first-order valence-corrected chi connectivity index (χ1v) is 11.6. The number of hydrogen-bond donors (Lipinski definition) is 0. The number of rotatable bonds is 3. The largest absolute Gasteiger partial charge is 0.353 e. The van der Waals surface area contributed by atoms with Gasteiger partial charge in [-0.3, -0.25) is 4.79 Å². The van der Waals surface area contributed by atoms with E-state index in [0.717, 1.165) is 41.1 Å². The lowest BCUT2D eigenvalue weighted by atomic mass is 10.0. The summed E-state index contributed by atoms with van der Waals surface area (Å²) in [6.45, 7) is 10.9. The molecule has 4 heterocycles. The molecule has 0 radical (unpaired) electrons. The molecule has 1 amide bonds. The maximum atomic E-state index is 13.7. The lowest BCUT2D eigenvalue weighted by molar-refractivity contribution is 0.0748. The van der Waals surface area contributed by atoms with Gasteiger partial charge in [-0.25, -0.2) is 14.6 Å². The number of hydrogen-bond acceptors (Lipinski definition) is 6. The molecule has 8 nitrogen and oxygen atoms in total. The molecule has 1 aliphatic carbocycles. The summed E-state index contributed by atoms with van der Waals surface area (Å²) in [5.74, 6) is 1.27. The van der Waals surface area contributed by atoms with Gasteiger partial charge in [0.2, 0.25) is 0 Å². The van der Waals surface area contributed by atoms with Crippen molar-refractivity contribution in [3.63, 3.8) is 0 Å². The molecule has 1 saturated carbocycles. The first-order valence-electron chi connectivity index (χ1n) is 11.6. The van der Waals surface area contributed by atoms with Crippen LogP contribution in [0.25, 0.3) is 11.0 Å². The third kappa shape index (κ3) is 3.92. The Kier molecular flexibility index (Phi) is 5.08. The highest BCUT2D eigenvalue weighted by molar-refractivity contribution is 6.06. The fraction of sp³-hybridized carbons (Fsp3) is 0.480. The first kappa shape index (κ1) is 21.4. The molecule has 3 aromatic rings. The lowest BCUT2D eigenvalue weighted by Gasteiger charge is -2.35. The standard InChI is InChI=1S/C25H29N7O/c1-16-22-19(14-20(18-5-6-18)28-23(22)32(29-16)25(2,3)4)24(33)31-11-9-30(10-12-31)21-13-17(15-26)7-8-27-21/h7-8,13-14,18H,5-6,9-12H2,1-4H3. The topological polar surface area (TPSA) is 90.9 Å². The summed E-state index contributed by atoms with van der Waals surface area (Å²) in [6.07, 6.45) is 3.92. The third-order valence-electron chi connectivity index (χ3n) is 6.46. The number of nitriles is 1. The van der Waals surface area contributed by atoms with E-state index in [4.69, 9.17) is 15.3 Å². The van der Waals surface area contributed by atoms with E-state index in [-0.39, 0.29) is 11.4 Å². The molecule has 0 unspecified atom stereocenters. The number of amides is 1. The second-order valence-electron chi connectivity index (χ2n) is 10.0. The molecule has 33 heavy (non-hydrogen) atoms. The van der Waals surface area contributed by atoms with Gasteiger partial charge in [0.1, 0.15) is 5.82 Å². The molecule has 170 valence electrons. The Labute approximate surface area is 193 Å². The highest BCUT2D eigenvalue weighted by Crippen LogP contribution is 2.41. The van der Waals surface area contributed by atoms with Crippen molar-refractivity contribution < 1.29 is 4.79 Å². The second-order valence-corrected chi connectivity index (χ2v) is 10.0. The number of carbonyl (C=O) groups excluding carboxylic acids is 1. The predicted octanol–water partition coefficient (Wildman–Crippen LogP) is 3.60. The molecule has 0 spiro atoms. The van der Waals surface area contributed by atoms with Crippen LogP contribution in [-0.2, 0) is 5.54 Å². The molecule has 0 aromatic carbocycles. The van der Waals surface area contributed by atoms with Crippen LogP contribution in [0.2, 0.25) is 0 Å². The van der Waals surface area contributed by atoms with E-state index in [1.165, 1.54) is 0 Å². The quantitative estimate of drug-likeness (QED) is 0.614. The summed E-state index contributed by atoms with van der Waals surface area (Å²) >= 11 is 0. The maximum Gasteiger partial charge on any atom is 0.254 e. The zero-order valence-corrected chi connectivity index (χ0v) is 19.7. The van der Waals surface area contributed by atoms with Gasteiger partial charge < -0.3 is 9.80 Å². The van der Waals surface area contributed by atoms with E-state index in [2.05, 4.69) is 36.7 Å². The monoisotopic (exact) mass is 443 g/mol. The number of carbonyl (C=O) groups is 1. The molecular formula is C25H29N7O. The van der Waals surface area contributed by atoms with Gasteiger partial charge in [-0.15, -0.1) is 0 Å². The number of fused-ring (bicyclic) bond motifs is 1. The summed E-state index contributed by atoms with van der Waals surface area (Å²) in [6, 6.07) is 7.68. The van der Waals surface area contributed by atoms with E-state index in [1.54, 1.807) is 18.3 Å². The van der Waals surface area contributed by atoms with Crippen molar-refractivity contribution in [3.05, 3.63) is 46.9 Å². The Morgan fingerprint density at radius 1 is 1.15 bits per heavy atom. The second kappa shape index (κ2) is 7.84. The zero-order valence-electron chi connectivity index (χ0n) is 19.7. The van der Waals surface area contributed by atoms with Gasteiger partial charge in [0.15, 0.2) is 5.65 Å². The minimum absolute atomic E-state index is 0.0410. The number of pyridine rings is 2. The third-order valence-corrected chi connectivity index (χ3v) is 6.46. The van der Waals surface area contributed by atoms with Crippen LogP contribution in [0.4, 0.5) is 5.82 Å². The molecule has 1 aliphatic heterocycles. The molecule has 0 bridgehead atoms. The molecule has 2 fully saturated rings. The lowest BCUT2D eigenvalue weighted by Crippen LogP contribution is -2.49. The van der Waals surface area contributed by atoms with Crippen LogP contribution in [0, 0.1) is 18.3 Å². The summed E-state index contributed by atoms with van der Waals surface area (Å²) in [5.41, 5.74) is 3.74. The van der Waals surface area contributed by atoms with Crippen molar-refractivity contribution in [1.29, 1.82) is 5.26 Å². The molecule has 0 atom stereocenters. The molecular weight excluding hydrogens is 414 g/mol. The first-order chi connectivity index (χ1) is 15.8. The minimum atomic E-state index is -0.224. The smallest absolute Gasteiger partial charge is 0.254 e. The van der Waals surface area contributed by atoms with Crippen LogP contribution in [0.15, 0.2) is 24.4 Å². The van der Waals surface area contributed by atoms with Gasteiger partial charge in [0.05, 0.1) is 33.8 Å². The minimum Gasteiger partial charge on any atom is -0.353 e. The van der Waals surface area contributed by atoms with Gasteiger partial charge in [-0.2, -0.15) is 10.4 Å². The van der Waals surface area contributed by atoms with Crippen LogP contribution in [0.1, 0.15) is 66.8 Å². The van der Waals surface area contributed by atoms with Crippen molar-refractivity contribution >= 4 is 22.8 Å². The van der Waals surface area contributed by atoms with E-state index in [1.807, 2.05) is 22.6 Å².